The first-order valence-electron chi connectivity index (χ1n) is 8.25. The number of rotatable bonds is 4. The molecule has 0 bridgehead atoms. The summed E-state index contributed by atoms with van der Waals surface area (Å²) >= 11 is 0. The maximum Gasteiger partial charge on any atom is 0.257 e. The van der Waals surface area contributed by atoms with E-state index < -0.39 is 21.1 Å². The minimum atomic E-state index is -3.56. The predicted molar refractivity (Wildman–Crippen MR) is 105 cm³/mol. The van der Waals surface area contributed by atoms with Gasteiger partial charge in [0.25, 0.3) is 5.91 Å². The van der Waals surface area contributed by atoms with E-state index in [2.05, 4.69) is 10.7 Å². The molecule has 0 aliphatic carbocycles. The van der Waals surface area contributed by atoms with E-state index in [4.69, 9.17) is 5.41 Å². The molecule has 0 aromatic heterocycles. The molecular weight excluding hydrogens is 388 g/mol. The molecule has 27 heavy (non-hydrogen) atoms. The van der Waals surface area contributed by atoms with Crippen LogP contribution in [0.4, 0.5) is 0 Å². The second kappa shape index (κ2) is 8.98. The zero-order chi connectivity index (χ0) is 18.6. The van der Waals surface area contributed by atoms with E-state index in [1.54, 1.807) is 60.7 Å². The molecule has 1 heterocycles. The Morgan fingerprint density at radius 2 is 1.63 bits per heavy atom. The van der Waals surface area contributed by atoms with Crippen LogP contribution in [0, 0.1) is 5.41 Å². The van der Waals surface area contributed by atoms with E-state index in [1.807, 2.05) is 0 Å². The van der Waals surface area contributed by atoms with Gasteiger partial charge >= 0.3 is 0 Å². The summed E-state index contributed by atoms with van der Waals surface area (Å²) in [5, 5.41) is 11.1. The molecule has 2 aromatic carbocycles. The first kappa shape index (κ1) is 20.9. The Labute approximate surface area is 164 Å². The van der Waals surface area contributed by atoms with Gasteiger partial charge in [-0.25, -0.2) is 13.4 Å². The molecule has 0 saturated carbocycles. The first-order valence-corrected chi connectivity index (χ1v) is 9.80. The zero-order valence-corrected chi connectivity index (χ0v) is 16.1. The number of hydrazine groups is 1. The van der Waals surface area contributed by atoms with Crippen LogP contribution in [-0.2, 0) is 9.84 Å². The molecule has 144 valence electrons. The highest BCUT2D eigenvalue weighted by Crippen LogP contribution is 2.26. The van der Waals surface area contributed by atoms with Crippen molar-refractivity contribution in [2.24, 2.45) is 0 Å². The standard InChI is InChI=1S/C18H20N4O3S.ClH/c19-18(20-17(23)14-8-3-1-4-9-14)21-22-13-7-12-16(22)26(24,25)15-10-5-2-6-11-15;/h1-6,8-11,16H,7,12-13H2,(H3,19,20,21,23);1H. The second-order valence-electron chi connectivity index (χ2n) is 5.96. The van der Waals surface area contributed by atoms with Crippen LogP contribution in [0.15, 0.2) is 65.6 Å². The van der Waals surface area contributed by atoms with Crippen molar-refractivity contribution in [3.05, 3.63) is 66.2 Å². The Morgan fingerprint density at radius 1 is 1.04 bits per heavy atom. The average molecular weight is 409 g/mol. The molecule has 1 amide bonds. The molecular formula is C18H21ClN4O3S. The number of guanidine groups is 1. The number of benzene rings is 2. The van der Waals surface area contributed by atoms with Crippen LogP contribution >= 0.6 is 12.4 Å². The lowest BCUT2D eigenvalue weighted by Gasteiger charge is -2.26. The fourth-order valence-corrected chi connectivity index (χ4v) is 4.72. The van der Waals surface area contributed by atoms with Gasteiger partial charge in [-0.3, -0.25) is 20.9 Å². The van der Waals surface area contributed by atoms with Crippen molar-refractivity contribution in [2.75, 3.05) is 6.54 Å². The van der Waals surface area contributed by atoms with E-state index in [1.165, 1.54) is 5.01 Å². The lowest BCUT2D eigenvalue weighted by atomic mass is 10.2. The van der Waals surface area contributed by atoms with Crippen LogP contribution in [-0.4, -0.2) is 37.2 Å². The minimum Gasteiger partial charge on any atom is -0.292 e. The van der Waals surface area contributed by atoms with E-state index in [0.29, 0.717) is 24.9 Å². The van der Waals surface area contributed by atoms with Gasteiger partial charge in [-0.1, -0.05) is 36.4 Å². The normalized spacial score (nSPS) is 17.0. The van der Waals surface area contributed by atoms with Crippen LogP contribution in [0.5, 0.6) is 0 Å². The Bertz CT molecular complexity index is 891. The van der Waals surface area contributed by atoms with Crippen LogP contribution in [0.1, 0.15) is 23.2 Å². The number of amides is 1. The minimum absolute atomic E-state index is 0. The Kier molecular flexibility index (Phi) is 6.95. The molecule has 3 N–H and O–H groups in total. The summed E-state index contributed by atoms with van der Waals surface area (Å²) in [6, 6.07) is 16.8. The number of nitrogens with zero attached hydrogens (tertiary/aromatic N) is 1. The molecule has 0 spiro atoms. The third kappa shape index (κ3) is 4.85. The van der Waals surface area contributed by atoms with Gasteiger partial charge < -0.3 is 0 Å². The maximum absolute atomic E-state index is 12.8. The quantitative estimate of drug-likeness (QED) is 0.531. The highest BCUT2D eigenvalue weighted by atomic mass is 35.5. The van der Waals surface area contributed by atoms with E-state index in [-0.39, 0.29) is 23.3 Å². The number of halogens is 1. The Balaban J connectivity index is 0.00000261. The summed E-state index contributed by atoms with van der Waals surface area (Å²) in [5.41, 5.74) is 3.14. The molecule has 1 unspecified atom stereocenters. The van der Waals surface area contributed by atoms with Crippen molar-refractivity contribution in [2.45, 2.75) is 23.1 Å². The van der Waals surface area contributed by atoms with Crippen molar-refractivity contribution in [3.8, 4) is 0 Å². The molecule has 7 nitrogen and oxygen atoms in total. The van der Waals surface area contributed by atoms with Crippen molar-refractivity contribution in [3.63, 3.8) is 0 Å². The maximum atomic E-state index is 12.8. The average Bonchev–Trinajstić information content (AvgIpc) is 3.12. The van der Waals surface area contributed by atoms with Gasteiger partial charge in [0.2, 0.25) is 5.96 Å². The summed E-state index contributed by atoms with van der Waals surface area (Å²) in [4.78, 5) is 12.3. The number of hydrogen-bond donors (Lipinski definition) is 3. The van der Waals surface area contributed by atoms with Crippen LogP contribution < -0.4 is 10.7 Å². The van der Waals surface area contributed by atoms with Crippen molar-refractivity contribution < 1.29 is 13.2 Å². The van der Waals surface area contributed by atoms with E-state index in [9.17, 15) is 13.2 Å². The van der Waals surface area contributed by atoms with E-state index >= 15 is 0 Å². The summed E-state index contributed by atoms with van der Waals surface area (Å²) in [6.07, 6.45) is 1.15. The highest BCUT2D eigenvalue weighted by molar-refractivity contribution is 7.92. The number of sulfone groups is 1. The SMILES string of the molecule is Cl.N=C(NC(=O)c1ccccc1)NN1CCCC1S(=O)(=O)c1ccccc1. The molecule has 2 aromatic rings. The van der Waals surface area contributed by atoms with Gasteiger partial charge in [-0.2, -0.15) is 0 Å². The molecule has 9 heteroatoms. The van der Waals surface area contributed by atoms with Crippen molar-refractivity contribution in [1.29, 1.82) is 5.41 Å². The van der Waals surface area contributed by atoms with Crippen LogP contribution in [0.25, 0.3) is 0 Å². The zero-order valence-electron chi connectivity index (χ0n) is 14.5. The fraction of sp³-hybridized carbons (Fsp3) is 0.222. The van der Waals surface area contributed by atoms with Crippen molar-refractivity contribution >= 4 is 34.1 Å². The summed E-state index contributed by atoms with van der Waals surface area (Å²) in [7, 11) is -3.56. The third-order valence-electron chi connectivity index (χ3n) is 4.16. The first-order chi connectivity index (χ1) is 12.5. The fourth-order valence-electron chi connectivity index (χ4n) is 2.90. The topological polar surface area (TPSA) is 102 Å². The Hall–Kier alpha value is -2.42. The summed E-state index contributed by atoms with van der Waals surface area (Å²) in [5.74, 6) is -0.682. The van der Waals surface area contributed by atoms with Gasteiger partial charge in [0.1, 0.15) is 5.37 Å². The van der Waals surface area contributed by atoms with Gasteiger partial charge in [0.15, 0.2) is 9.84 Å². The van der Waals surface area contributed by atoms with Gasteiger partial charge in [-0.15, -0.1) is 12.4 Å². The summed E-state index contributed by atoms with van der Waals surface area (Å²) < 4.78 is 25.7. The van der Waals surface area contributed by atoms with Crippen LogP contribution in [0.3, 0.4) is 0 Å². The molecule has 1 atom stereocenters. The number of hydrogen-bond acceptors (Lipinski definition) is 5. The van der Waals surface area contributed by atoms with Gasteiger partial charge in [-0.05, 0) is 37.1 Å². The van der Waals surface area contributed by atoms with Crippen molar-refractivity contribution in [1.82, 2.24) is 15.8 Å². The van der Waals surface area contributed by atoms with Gasteiger partial charge in [0.05, 0.1) is 4.90 Å². The van der Waals surface area contributed by atoms with Crippen LogP contribution in [0.2, 0.25) is 0 Å². The third-order valence-corrected chi connectivity index (χ3v) is 6.29. The molecule has 0 radical (unpaired) electrons. The number of carbonyl (C=O) groups is 1. The number of carbonyl (C=O) groups excluding carboxylic acids is 1. The largest absolute Gasteiger partial charge is 0.292 e. The molecule has 1 aliphatic rings. The lowest BCUT2D eigenvalue weighted by Crippen LogP contribution is -2.52. The second-order valence-corrected chi connectivity index (χ2v) is 8.06. The summed E-state index contributed by atoms with van der Waals surface area (Å²) in [6.45, 7) is 0.473. The molecule has 1 aliphatic heterocycles. The molecule has 3 rings (SSSR count). The number of nitrogens with one attached hydrogen (secondary N) is 3. The highest BCUT2D eigenvalue weighted by Gasteiger charge is 2.37. The van der Waals surface area contributed by atoms with E-state index in [0.717, 1.165) is 0 Å². The lowest BCUT2D eigenvalue weighted by molar-refractivity contribution is 0.0972. The molecule has 1 fully saturated rings. The van der Waals surface area contributed by atoms with Gasteiger partial charge in [0, 0.05) is 12.1 Å². The Morgan fingerprint density at radius 3 is 2.26 bits per heavy atom. The monoisotopic (exact) mass is 408 g/mol. The smallest absolute Gasteiger partial charge is 0.257 e. The molecule has 1 saturated heterocycles. The predicted octanol–water partition coefficient (Wildman–Crippen LogP) is 2.17.